The molecule has 0 aliphatic carbocycles. The first-order chi connectivity index (χ1) is 17.0. The minimum absolute atomic E-state index is 0.0698. The summed E-state index contributed by atoms with van der Waals surface area (Å²) in [4.78, 5) is 24.8. The number of nitrogens with one attached hydrogen (secondary N) is 1. The number of hydrogen-bond donors (Lipinski definition) is 1. The normalized spacial score (nSPS) is 11.7. The first-order valence-electron chi connectivity index (χ1n) is 12.2. The highest BCUT2D eigenvalue weighted by Crippen LogP contribution is 2.16. The molecule has 1 atom stereocenters. The van der Waals surface area contributed by atoms with Crippen LogP contribution in [0.3, 0.4) is 0 Å². The highest BCUT2D eigenvalue weighted by Gasteiger charge is 2.18. The lowest BCUT2D eigenvalue weighted by molar-refractivity contribution is -0.129. The third-order valence-corrected chi connectivity index (χ3v) is 5.78. The molecule has 0 spiro atoms. The van der Waals surface area contributed by atoms with Gasteiger partial charge in [0.1, 0.15) is 18.1 Å². The zero-order valence-electron chi connectivity index (χ0n) is 20.6. The summed E-state index contributed by atoms with van der Waals surface area (Å²) in [5.74, 6) is 0.672. The molecular formula is C30H35NO4. The summed E-state index contributed by atoms with van der Waals surface area (Å²) in [6, 6.07) is 27.6. The fraction of sp³-hybridized carbons (Fsp3) is 0.333. The lowest BCUT2D eigenvalue weighted by Crippen LogP contribution is -2.42. The molecule has 0 saturated carbocycles. The lowest BCUT2D eigenvalue weighted by atomic mass is 10.0. The van der Waals surface area contributed by atoms with Gasteiger partial charge in [-0.05, 0) is 41.2 Å². The van der Waals surface area contributed by atoms with Crippen molar-refractivity contribution in [3.63, 3.8) is 0 Å². The van der Waals surface area contributed by atoms with Crippen LogP contribution in [0.25, 0.3) is 0 Å². The predicted molar refractivity (Wildman–Crippen MR) is 138 cm³/mol. The molecule has 5 nitrogen and oxygen atoms in total. The first-order valence-corrected chi connectivity index (χ1v) is 12.2. The Kier molecular flexibility index (Phi) is 10.5. The molecule has 35 heavy (non-hydrogen) atoms. The highest BCUT2D eigenvalue weighted by molar-refractivity contribution is 5.98. The average Bonchev–Trinajstić information content (AvgIpc) is 2.87. The average molecular weight is 474 g/mol. The van der Waals surface area contributed by atoms with Gasteiger partial charge in [-0.25, -0.2) is 0 Å². The second-order valence-corrected chi connectivity index (χ2v) is 9.05. The summed E-state index contributed by atoms with van der Waals surface area (Å²) in [5, 5.41) is 2.97. The SMILES string of the molecule is CC(C)C(COCc1ccccc1)NC(=O)CC(=O)CCc1ccc(OCc2ccccc2)cc1. The molecule has 0 heterocycles. The van der Waals surface area contributed by atoms with Crippen LogP contribution >= 0.6 is 0 Å². The van der Waals surface area contributed by atoms with Crippen LogP contribution in [-0.4, -0.2) is 24.3 Å². The van der Waals surface area contributed by atoms with E-state index in [1.165, 1.54) is 0 Å². The van der Waals surface area contributed by atoms with Crippen molar-refractivity contribution in [1.82, 2.24) is 5.32 Å². The molecule has 0 radical (unpaired) electrons. The maximum atomic E-state index is 12.4. The standard InChI is InChI=1S/C30H35NO4/c1-23(2)29(22-34-20-25-9-5-3-6-10-25)31-30(33)19-27(32)16-13-24-14-17-28(18-15-24)35-21-26-11-7-4-8-12-26/h3-12,14-15,17-18,23,29H,13,16,19-22H2,1-2H3,(H,31,33). The van der Waals surface area contributed by atoms with Crippen LogP contribution in [0.15, 0.2) is 84.9 Å². The van der Waals surface area contributed by atoms with E-state index in [0.717, 1.165) is 22.4 Å². The van der Waals surface area contributed by atoms with Crippen molar-refractivity contribution in [1.29, 1.82) is 0 Å². The fourth-order valence-corrected chi connectivity index (χ4v) is 3.58. The van der Waals surface area contributed by atoms with Crippen LogP contribution in [0, 0.1) is 5.92 Å². The van der Waals surface area contributed by atoms with Gasteiger partial charge in [-0.2, -0.15) is 0 Å². The molecule has 0 bridgehead atoms. The number of carbonyl (C=O) groups excluding carboxylic acids is 2. The number of benzene rings is 3. The summed E-state index contributed by atoms with van der Waals surface area (Å²) >= 11 is 0. The van der Waals surface area contributed by atoms with Crippen molar-refractivity contribution >= 4 is 11.7 Å². The Balaban J connectivity index is 1.36. The van der Waals surface area contributed by atoms with Crippen LogP contribution in [0.2, 0.25) is 0 Å². The molecule has 3 aromatic rings. The van der Waals surface area contributed by atoms with Crippen molar-refractivity contribution in [3.05, 3.63) is 102 Å². The smallest absolute Gasteiger partial charge is 0.227 e. The monoisotopic (exact) mass is 473 g/mol. The van der Waals surface area contributed by atoms with Gasteiger partial charge in [0.2, 0.25) is 5.91 Å². The molecular weight excluding hydrogens is 438 g/mol. The zero-order valence-corrected chi connectivity index (χ0v) is 20.6. The number of carbonyl (C=O) groups is 2. The van der Waals surface area contributed by atoms with Gasteiger partial charge in [0.25, 0.3) is 0 Å². The summed E-state index contributed by atoms with van der Waals surface area (Å²) in [6.45, 7) is 5.49. The van der Waals surface area contributed by atoms with E-state index in [-0.39, 0.29) is 30.1 Å². The van der Waals surface area contributed by atoms with Gasteiger partial charge in [-0.15, -0.1) is 0 Å². The molecule has 0 aliphatic heterocycles. The van der Waals surface area contributed by atoms with Crippen LogP contribution in [0.1, 0.15) is 43.4 Å². The molecule has 0 aromatic heterocycles. The topological polar surface area (TPSA) is 64.6 Å². The molecule has 1 unspecified atom stereocenters. The summed E-state index contributed by atoms with van der Waals surface area (Å²) in [6.07, 6.45) is 0.813. The largest absolute Gasteiger partial charge is 0.489 e. The molecule has 1 amide bonds. The fourth-order valence-electron chi connectivity index (χ4n) is 3.58. The Morgan fingerprint density at radius 3 is 1.97 bits per heavy atom. The summed E-state index contributed by atoms with van der Waals surface area (Å²) < 4.78 is 11.6. The Morgan fingerprint density at radius 2 is 1.37 bits per heavy atom. The summed E-state index contributed by atoms with van der Waals surface area (Å²) in [7, 11) is 0. The number of rotatable bonds is 14. The van der Waals surface area contributed by atoms with E-state index in [2.05, 4.69) is 5.32 Å². The van der Waals surface area contributed by atoms with Crippen molar-refractivity contribution < 1.29 is 19.1 Å². The number of amides is 1. The molecule has 1 N–H and O–H groups in total. The van der Waals surface area contributed by atoms with E-state index < -0.39 is 0 Å². The molecule has 3 aromatic carbocycles. The first kappa shape index (κ1) is 26.2. The third-order valence-electron chi connectivity index (χ3n) is 5.78. The Hall–Kier alpha value is -3.44. The summed E-state index contributed by atoms with van der Waals surface area (Å²) in [5.41, 5.74) is 3.25. The van der Waals surface area contributed by atoms with Crippen LogP contribution in [0.5, 0.6) is 5.75 Å². The van der Waals surface area contributed by atoms with Crippen molar-refractivity contribution in [3.8, 4) is 5.75 Å². The van der Waals surface area contributed by atoms with Crippen LogP contribution in [-0.2, 0) is 34.0 Å². The molecule has 0 aliphatic rings. The van der Waals surface area contributed by atoms with E-state index >= 15 is 0 Å². The lowest BCUT2D eigenvalue weighted by Gasteiger charge is -2.22. The van der Waals surface area contributed by atoms with Gasteiger partial charge >= 0.3 is 0 Å². The molecule has 3 rings (SSSR count). The second-order valence-electron chi connectivity index (χ2n) is 9.05. The second kappa shape index (κ2) is 14.1. The predicted octanol–water partition coefficient (Wildman–Crippen LogP) is 5.52. The van der Waals surface area contributed by atoms with Crippen LogP contribution < -0.4 is 10.1 Å². The molecule has 0 saturated heterocycles. The maximum absolute atomic E-state index is 12.4. The number of ether oxygens (including phenoxy) is 2. The highest BCUT2D eigenvalue weighted by atomic mass is 16.5. The van der Waals surface area contributed by atoms with Crippen molar-refractivity contribution in [2.75, 3.05) is 6.61 Å². The number of Topliss-reactive ketones (excluding diaryl/α,β-unsaturated/α-hetero) is 1. The van der Waals surface area contributed by atoms with E-state index in [9.17, 15) is 9.59 Å². The number of aryl methyl sites for hydroxylation is 1. The van der Waals surface area contributed by atoms with Gasteiger partial charge in [-0.3, -0.25) is 9.59 Å². The Morgan fingerprint density at radius 1 is 0.771 bits per heavy atom. The van der Waals surface area contributed by atoms with Gasteiger partial charge < -0.3 is 14.8 Å². The van der Waals surface area contributed by atoms with Crippen molar-refractivity contribution in [2.45, 2.75) is 52.4 Å². The Bertz CT molecular complexity index is 1030. The van der Waals surface area contributed by atoms with Gasteiger partial charge in [0, 0.05) is 6.42 Å². The number of hydrogen-bond acceptors (Lipinski definition) is 4. The van der Waals surface area contributed by atoms with Gasteiger partial charge in [0.05, 0.1) is 25.7 Å². The van der Waals surface area contributed by atoms with E-state index in [1.54, 1.807) is 0 Å². The Labute approximate surface area is 208 Å². The van der Waals surface area contributed by atoms with Crippen LogP contribution in [0.4, 0.5) is 0 Å². The maximum Gasteiger partial charge on any atom is 0.227 e. The van der Waals surface area contributed by atoms with Crippen molar-refractivity contribution in [2.24, 2.45) is 5.92 Å². The third kappa shape index (κ3) is 9.75. The van der Waals surface area contributed by atoms with E-state index in [1.807, 2.05) is 98.8 Å². The molecule has 184 valence electrons. The number of ketones is 1. The molecule has 5 heteroatoms. The van der Waals surface area contributed by atoms with E-state index in [4.69, 9.17) is 9.47 Å². The minimum Gasteiger partial charge on any atom is -0.489 e. The minimum atomic E-state index is -0.248. The quantitative estimate of drug-likeness (QED) is 0.313. The zero-order chi connectivity index (χ0) is 24.9. The van der Waals surface area contributed by atoms with Gasteiger partial charge in [-0.1, -0.05) is 86.6 Å². The van der Waals surface area contributed by atoms with Gasteiger partial charge in [0.15, 0.2) is 0 Å². The molecule has 0 fully saturated rings. The van der Waals surface area contributed by atoms with E-state index in [0.29, 0.717) is 32.7 Å².